The topological polar surface area (TPSA) is 13.1 Å². The first-order valence-electron chi connectivity index (χ1n) is 4.07. The van der Waals surface area contributed by atoms with Crippen molar-refractivity contribution in [1.82, 2.24) is 0 Å². The van der Waals surface area contributed by atoms with Crippen LogP contribution in [0.25, 0.3) is 17.2 Å². The van der Waals surface area contributed by atoms with Crippen molar-refractivity contribution >= 4 is 6.08 Å². The van der Waals surface area contributed by atoms with Gasteiger partial charge in [-0.3, -0.25) is 0 Å². The van der Waals surface area contributed by atoms with Crippen molar-refractivity contribution in [2.45, 2.75) is 0 Å². The molecule has 1 aromatic heterocycles. The van der Waals surface area contributed by atoms with Gasteiger partial charge in [0.25, 0.3) is 0 Å². The Morgan fingerprint density at radius 1 is 1.38 bits per heavy atom. The molecule has 2 rings (SSSR count). The maximum atomic E-state index is 5.02. The summed E-state index contributed by atoms with van der Waals surface area (Å²) in [6.07, 6.45) is 5.17. The van der Waals surface area contributed by atoms with Gasteiger partial charge in [0, 0.05) is 5.56 Å². The fourth-order valence-corrected chi connectivity index (χ4v) is 1.29. The Labute approximate surface area is 77.3 Å². The minimum absolute atomic E-state index is 1.00. The van der Waals surface area contributed by atoms with Crippen LogP contribution in [0.5, 0.6) is 0 Å². The van der Waals surface area contributed by atoms with Gasteiger partial charge in [0.1, 0.15) is 0 Å². The lowest BCUT2D eigenvalue weighted by atomic mass is 10.0. The summed E-state index contributed by atoms with van der Waals surface area (Å²) >= 11 is 0. The quantitative estimate of drug-likeness (QED) is 0.671. The van der Waals surface area contributed by atoms with Crippen LogP contribution in [-0.4, -0.2) is 0 Å². The SMILES string of the molecule is C=Cc1[c]cccc1-c1ccoc1. The monoisotopic (exact) mass is 169 g/mol. The van der Waals surface area contributed by atoms with Crippen molar-refractivity contribution < 1.29 is 4.42 Å². The molecule has 1 nitrogen and oxygen atoms in total. The van der Waals surface area contributed by atoms with Crippen LogP contribution in [0, 0.1) is 6.07 Å². The molecule has 63 valence electrons. The molecule has 0 aliphatic carbocycles. The van der Waals surface area contributed by atoms with E-state index in [4.69, 9.17) is 4.42 Å². The number of furan rings is 1. The molecule has 2 aromatic rings. The number of benzene rings is 1. The van der Waals surface area contributed by atoms with Crippen LogP contribution in [0.2, 0.25) is 0 Å². The van der Waals surface area contributed by atoms with E-state index >= 15 is 0 Å². The van der Waals surface area contributed by atoms with E-state index in [0.717, 1.165) is 16.7 Å². The third kappa shape index (κ3) is 1.41. The van der Waals surface area contributed by atoms with Crippen molar-refractivity contribution in [3.63, 3.8) is 0 Å². The maximum Gasteiger partial charge on any atom is 0.0981 e. The summed E-state index contributed by atoms with van der Waals surface area (Å²) in [5, 5.41) is 0. The van der Waals surface area contributed by atoms with Crippen molar-refractivity contribution in [2.75, 3.05) is 0 Å². The molecule has 0 saturated carbocycles. The Morgan fingerprint density at radius 3 is 3.00 bits per heavy atom. The van der Waals surface area contributed by atoms with Gasteiger partial charge in [-0.25, -0.2) is 0 Å². The van der Waals surface area contributed by atoms with E-state index in [9.17, 15) is 0 Å². The number of hydrogen-bond donors (Lipinski definition) is 0. The molecule has 0 spiro atoms. The van der Waals surface area contributed by atoms with Gasteiger partial charge < -0.3 is 4.42 Å². The Morgan fingerprint density at radius 2 is 2.31 bits per heavy atom. The van der Waals surface area contributed by atoms with Crippen molar-refractivity contribution in [1.29, 1.82) is 0 Å². The van der Waals surface area contributed by atoms with Crippen LogP contribution in [0.15, 0.2) is 47.8 Å². The summed E-state index contributed by atoms with van der Waals surface area (Å²) in [5.41, 5.74) is 3.17. The van der Waals surface area contributed by atoms with Crippen molar-refractivity contribution in [3.05, 3.63) is 55.0 Å². The zero-order valence-electron chi connectivity index (χ0n) is 7.16. The number of rotatable bonds is 2. The lowest BCUT2D eigenvalue weighted by Crippen LogP contribution is -1.79. The van der Waals surface area contributed by atoms with Crippen LogP contribution in [0.3, 0.4) is 0 Å². The zero-order valence-corrected chi connectivity index (χ0v) is 7.16. The number of hydrogen-bond acceptors (Lipinski definition) is 1. The second-order valence-electron chi connectivity index (χ2n) is 2.71. The third-order valence-electron chi connectivity index (χ3n) is 1.92. The van der Waals surface area contributed by atoms with Gasteiger partial charge >= 0.3 is 0 Å². The second kappa shape index (κ2) is 3.31. The van der Waals surface area contributed by atoms with E-state index in [0.29, 0.717) is 0 Å². The molecule has 0 saturated heterocycles. The van der Waals surface area contributed by atoms with Gasteiger partial charge in [-0.05, 0) is 23.3 Å². The van der Waals surface area contributed by atoms with Crippen LogP contribution in [0.4, 0.5) is 0 Å². The van der Waals surface area contributed by atoms with Gasteiger partial charge in [0.15, 0.2) is 0 Å². The molecular weight excluding hydrogens is 160 g/mol. The highest BCUT2D eigenvalue weighted by Crippen LogP contribution is 2.23. The highest BCUT2D eigenvalue weighted by atomic mass is 16.3. The molecule has 13 heavy (non-hydrogen) atoms. The Balaban J connectivity index is 2.57. The molecule has 0 aliphatic rings. The Bertz CT molecular complexity index is 399. The van der Waals surface area contributed by atoms with E-state index in [1.165, 1.54) is 0 Å². The lowest BCUT2D eigenvalue weighted by Gasteiger charge is -2.00. The van der Waals surface area contributed by atoms with Crippen molar-refractivity contribution in [3.8, 4) is 11.1 Å². The van der Waals surface area contributed by atoms with E-state index in [1.54, 1.807) is 18.6 Å². The highest BCUT2D eigenvalue weighted by molar-refractivity contribution is 5.73. The van der Waals surface area contributed by atoms with Crippen LogP contribution in [0.1, 0.15) is 5.56 Å². The van der Waals surface area contributed by atoms with Gasteiger partial charge in [0.2, 0.25) is 0 Å². The maximum absolute atomic E-state index is 5.02. The normalized spacial score (nSPS) is 9.85. The van der Waals surface area contributed by atoms with Crippen molar-refractivity contribution in [2.24, 2.45) is 0 Å². The smallest absolute Gasteiger partial charge is 0.0981 e. The molecule has 0 unspecified atom stereocenters. The zero-order chi connectivity index (χ0) is 9.10. The standard InChI is InChI=1S/C12H9O/c1-2-10-5-3-4-6-12(10)11-7-8-13-9-11/h2-4,6-9H,1H2. The van der Waals surface area contributed by atoms with Crippen LogP contribution < -0.4 is 0 Å². The highest BCUT2D eigenvalue weighted by Gasteiger charge is 2.01. The fourth-order valence-electron chi connectivity index (χ4n) is 1.29. The molecule has 1 heteroatoms. The van der Waals surface area contributed by atoms with Gasteiger partial charge in [0.05, 0.1) is 12.5 Å². The molecule has 0 amide bonds. The molecule has 0 N–H and O–H groups in total. The molecule has 1 radical (unpaired) electrons. The average Bonchev–Trinajstić information content (AvgIpc) is 2.70. The van der Waals surface area contributed by atoms with Crippen LogP contribution >= 0.6 is 0 Å². The minimum atomic E-state index is 1.00. The summed E-state index contributed by atoms with van der Waals surface area (Å²) in [4.78, 5) is 0. The molecule has 1 aromatic carbocycles. The molecule has 0 aliphatic heterocycles. The predicted molar refractivity (Wildman–Crippen MR) is 53.1 cm³/mol. The summed E-state index contributed by atoms with van der Waals surface area (Å²) in [6, 6.07) is 10.9. The first kappa shape index (κ1) is 7.87. The first-order chi connectivity index (χ1) is 6.42. The van der Waals surface area contributed by atoms with E-state index in [1.807, 2.05) is 24.3 Å². The van der Waals surface area contributed by atoms with E-state index in [2.05, 4.69) is 12.6 Å². The third-order valence-corrected chi connectivity index (χ3v) is 1.92. The summed E-state index contributed by atoms with van der Waals surface area (Å²) in [6.45, 7) is 3.74. The summed E-state index contributed by atoms with van der Waals surface area (Å²) < 4.78 is 5.02. The van der Waals surface area contributed by atoms with Gasteiger partial charge in [-0.2, -0.15) is 0 Å². The molecule has 0 bridgehead atoms. The second-order valence-corrected chi connectivity index (χ2v) is 2.71. The molecule has 0 atom stereocenters. The van der Waals surface area contributed by atoms with Crippen LogP contribution in [-0.2, 0) is 0 Å². The first-order valence-corrected chi connectivity index (χ1v) is 4.07. The van der Waals surface area contributed by atoms with E-state index < -0.39 is 0 Å². The largest absolute Gasteiger partial charge is 0.472 e. The predicted octanol–water partition coefficient (Wildman–Crippen LogP) is 3.39. The summed E-state index contributed by atoms with van der Waals surface area (Å²) in [7, 11) is 0. The Hall–Kier alpha value is -1.76. The minimum Gasteiger partial charge on any atom is -0.472 e. The fraction of sp³-hybridized carbons (Fsp3) is 0. The molecule has 0 fully saturated rings. The molecular formula is C12H9O. The van der Waals surface area contributed by atoms with E-state index in [-0.39, 0.29) is 0 Å². The average molecular weight is 169 g/mol. The lowest BCUT2D eigenvalue weighted by molar-refractivity contribution is 0.568. The summed E-state index contributed by atoms with van der Waals surface area (Å²) in [5.74, 6) is 0. The Kier molecular flexibility index (Phi) is 2.01. The molecule has 1 heterocycles. The van der Waals surface area contributed by atoms with Gasteiger partial charge in [-0.15, -0.1) is 0 Å². The van der Waals surface area contributed by atoms with Gasteiger partial charge in [-0.1, -0.05) is 30.9 Å².